The third-order valence-corrected chi connectivity index (χ3v) is 3.79. The van der Waals surface area contributed by atoms with Gasteiger partial charge in [0.15, 0.2) is 0 Å². The maximum absolute atomic E-state index is 11.1. The highest BCUT2D eigenvalue weighted by molar-refractivity contribution is 9.10. The van der Waals surface area contributed by atoms with Crippen LogP contribution in [0.25, 0.3) is 0 Å². The molecule has 110 valence electrons. The third kappa shape index (κ3) is 4.18. The van der Waals surface area contributed by atoms with Gasteiger partial charge in [-0.15, -0.1) is 0 Å². The molecule has 0 aliphatic heterocycles. The number of nitro benzene ring substituents is 1. The smallest absolute Gasteiger partial charge is 0.275 e. The van der Waals surface area contributed by atoms with Crippen molar-refractivity contribution in [1.82, 2.24) is 0 Å². The van der Waals surface area contributed by atoms with Crippen molar-refractivity contribution in [2.24, 2.45) is 0 Å². The van der Waals surface area contributed by atoms with Crippen molar-refractivity contribution in [2.75, 3.05) is 12.4 Å². The van der Waals surface area contributed by atoms with Gasteiger partial charge in [0.1, 0.15) is 5.75 Å². The second-order valence-corrected chi connectivity index (χ2v) is 6.09. The zero-order chi connectivity index (χ0) is 15.4. The molecular formula is C14H12Br2N2O3. The fourth-order valence-corrected chi connectivity index (χ4v) is 2.66. The molecule has 0 radical (unpaired) electrons. The molecule has 2 aromatic rings. The lowest BCUT2D eigenvalue weighted by atomic mass is 10.1. The molecule has 0 unspecified atom stereocenters. The van der Waals surface area contributed by atoms with E-state index in [1.165, 1.54) is 6.07 Å². The number of rotatable bonds is 5. The van der Waals surface area contributed by atoms with Gasteiger partial charge in [0.25, 0.3) is 5.69 Å². The summed E-state index contributed by atoms with van der Waals surface area (Å²) in [6, 6.07) is 10.6. The first kappa shape index (κ1) is 15.8. The summed E-state index contributed by atoms with van der Waals surface area (Å²) in [4.78, 5) is 10.7. The van der Waals surface area contributed by atoms with E-state index in [4.69, 9.17) is 4.74 Å². The first-order valence-electron chi connectivity index (χ1n) is 6.01. The SMILES string of the molecule is COc1cc(Br)cc(NCc2ccc(Br)cc2[N+](=O)[O-])c1. The summed E-state index contributed by atoms with van der Waals surface area (Å²) in [5.41, 5.74) is 1.51. The predicted octanol–water partition coefficient (Wildman–Crippen LogP) is 4.74. The van der Waals surface area contributed by atoms with Crippen molar-refractivity contribution in [1.29, 1.82) is 0 Å². The second kappa shape index (κ2) is 6.91. The van der Waals surface area contributed by atoms with Gasteiger partial charge in [0, 0.05) is 38.9 Å². The molecule has 0 fully saturated rings. The van der Waals surface area contributed by atoms with E-state index in [0.29, 0.717) is 22.3 Å². The number of anilines is 1. The highest BCUT2D eigenvalue weighted by atomic mass is 79.9. The van der Waals surface area contributed by atoms with Gasteiger partial charge >= 0.3 is 0 Å². The molecule has 0 atom stereocenters. The number of halogens is 2. The van der Waals surface area contributed by atoms with Crippen LogP contribution in [0.2, 0.25) is 0 Å². The monoisotopic (exact) mass is 414 g/mol. The molecule has 0 saturated carbocycles. The van der Waals surface area contributed by atoms with Gasteiger partial charge in [-0.1, -0.05) is 31.9 Å². The first-order valence-corrected chi connectivity index (χ1v) is 7.59. The molecular weight excluding hydrogens is 404 g/mol. The number of nitrogens with zero attached hydrogens (tertiary/aromatic N) is 1. The molecule has 1 N–H and O–H groups in total. The van der Waals surface area contributed by atoms with E-state index in [0.717, 1.165) is 10.2 Å². The lowest BCUT2D eigenvalue weighted by Crippen LogP contribution is -2.03. The van der Waals surface area contributed by atoms with Gasteiger partial charge in [-0.3, -0.25) is 10.1 Å². The Balaban J connectivity index is 2.20. The number of ether oxygens (including phenoxy) is 1. The summed E-state index contributed by atoms with van der Waals surface area (Å²) in [7, 11) is 1.59. The Morgan fingerprint density at radius 2 is 1.95 bits per heavy atom. The number of nitro groups is 1. The summed E-state index contributed by atoms with van der Waals surface area (Å²) in [5.74, 6) is 0.706. The van der Waals surface area contributed by atoms with E-state index in [9.17, 15) is 10.1 Å². The first-order chi connectivity index (χ1) is 9.99. The van der Waals surface area contributed by atoms with Gasteiger partial charge in [-0.05, 0) is 24.3 Å². The Labute approximate surface area is 138 Å². The minimum absolute atomic E-state index is 0.0823. The molecule has 0 saturated heterocycles. The summed E-state index contributed by atoms with van der Waals surface area (Å²) >= 11 is 6.63. The van der Waals surface area contributed by atoms with E-state index in [1.807, 2.05) is 18.2 Å². The van der Waals surface area contributed by atoms with E-state index >= 15 is 0 Å². The highest BCUT2D eigenvalue weighted by Crippen LogP contribution is 2.27. The van der Waals surface area contributed by atoms with E-state index < -0.39 is 0 Å². The summed E-state index contributed by atoms with van der Waals surface area (Å²) in [6.45, 7) is 0.350. The van der Waals surface area contributed by atoms with Crippen LogP contribution >= 0.6 is 31.9 Å². The van der Waals surface area contributed by atoms with Gasteiger partial charge in [-0.2, -0.15) is 0 Å². The van der Waals surface area contributed by atoms with Crippen LogP contribution in [0.1, 0.15) is 5.56 Å². The Bertz CT molecular complexity index is 677. The summed E-state index contributed by atoms with van der Waals surface area (Å²) in [5, 5.41) is 14.2. The lowest BCUT2D eigenvalue weighted by molar-refractivity contribution is -0.385. The van der Waals surface area contributed by atoms with Crippen LogP contribution in [0.15, 0.2) is 45.3 Å². The molecule has 0 aliphatic carbocycles. The zero-order valence-electron chi connectivity index (χ0n) is 11.1. The van der Waals surface area contributed by atoms with Crippen LogP contribution in [0.5, 0.6) is 5.75 Å². The molecule has 0 bridgehead atoms. The fourth-order valence-electron chi connectivity index (χ4n) is 1.84. The predicted molar refractivity (Wildman–Crippen MR) is 88.8 cm³/mol. The Morgan fingerprint density at radius 3 is 2.62 bits per heavy atom. The zero-order valence-corrected chi connectivity index (χ0v) is 14.3. The fraction of sp³-hybridized carbons (Fsp3) is 0.143. The Hall–Kier alpha value is -1.60. The summed E-state index contributed by atoms with van der Waals surface area (Å²) < 4.78 is 6.73. The van der Waals surface area contributed by atoms with Crippen molar-refractivity contribution < 1.29 is 9.66 Å². The number of hydrogen-bond donors (Lipinski definition) is 1. The molecule has 0 amide bonds. The topological polar surface area (TPSA) is 64.4 Å². The lowest BCUT2D eigenvalue weighted by Gasteiger charge is -2.10. The average Bonchev–Trinajstić information content (AvgIpc) is 2.45. The van der Waals surface area contributed by atoms with E-state index in [-0.39, 0.29) is 10.6 Å². The molecule has 7 heteroatoms. The number of methoxy groups -OCH3 is 1. The minimum Gasteiger partial charge on any atom is -0.497 e. The maximum Gasteiger partial charge on any atom is 0.275 e. The molecule has 0 aromatic heterocycles. The minimum atomic E-state index is -0.386. The number of benzene rings is 2. The van der Waals surface area contributed by atoms with E-state index in [1.54, 1.807) is 19.2 Å². The molecule has 21 heavy (non-hydrogen) atoms. The number of hydrogen-bond acceptors (Lipinski definition) is 4. The van der Waals surface area contributed by atoms with Crippen molar-refractivity contribution in [3.63, 3.8) is 0 Å². The Kier molecular flexibility index (Phi) is 5.19. The standard InChI is InChI=1S/C14H12Br2N2O3/c1-21-13-5-11(16)4-12(7-13)17-8-9-2-3-10(15)6-14(9)18(19)20/h2-7,17H,8H2,1H3. The van der Waals surface area contributed by atoms with Gasteiger partial charge < -0.3 is 10.1 Å². The molecule has 0 heterocycles. The van der Waals surface area contributed by atoms with Crippen LogP contribution in [-0.4, -0.2) is 12.0 Å². The molecule has 2 rings (SSSR count). The van der Waals surface area contributed by atoms with Crippen molar-refractivity contribution >= 4 is 43.2 Å². The van der Waals surface area contributed by atoms with Gasteiger partial charge in [0.2, 0.25) is 0 Å². The molecule has 0 spiro atoms. The van der Waals surface area contributed by atoms with Crippen LogP contribution in [0.3, 0.4) is 0 Å². The highest BCUT2D eigenvalue weighted by Gasteiger charge is 2.13. The van der Waals surface area contributed by atoms with Crippen LogP contribution in [-0.2, 0) is 6.54 Å². The average molecular weight is 416 g/mol. The van der Waals surface area contributed by atoms with Gasteiger partial charge in [0.05, 0.1) is 12.0 Å². The van der Waals surface area contributed by atoms with E-state index in [2.05, 4.69) is 37.2 Å². The molecule has 2 aromatic carbocycles. The normalized spacial score (nSPS) is 10.2. The molecule has 5 nitrogen and oxygen atoms in total. The van der Waals surface area contributed by atoms with Crippen molar-refractivity contribution in [2.45, 2.75) is 6.54 Å². The Morgan fingerprint density at radius 1 is 1.19 bits per heavy atom. The summed E-state index contributed by atoms with van der Waals surface area (Å²) in [6.07, 6.45) is 0. The quantitative estimate of drug-likeness (QED) is 0.565. The maximum atomic E-state index is 11.1. The van der Waals surface area contributed by atoms with Crippen LogP contribution < -0.4 is 10.1 Å². The number of nitrogens with one attached hydrogen (secondary N) is 1. The van der Waals surface area contributed by atoms with Crippen LogP contribution in [0.4, 0.5) is 11.4 Å². The van der Waals surface area contributed by atoms with Crippen molar-refractivity contribution in [3.8, 4) is 5.75 Å². The second-order valence-electron chi connectivity index (χ2n) is 4.26. The third-order valence-electron chi connectivity index (χ3n) is 2.83. The van der Waals surface area contributed by atoms with Crippen LogP contribution in [0, 0.1) is 10.1 Å². The molecule has 0 aliphatic rings. The van der Waals surface area contributed by atoms with Gasteiger partial charge in [-0.25, -0.2) is 0 Å². The largest absolute Gasteiger partial charge is 0.497 e. The van der Waals surface area contributed by atoms with Crippen molar-refractivity contribution in [3.05, 3.63) is 61.0 Å².